The molecule has 1 rings (SSSR count). The van der Waals surface area contributed by atoms with Crippen LogP contribution in [0.3, 0.4) is 0 Å². The minimum atomic E-state index is 0.900. The Bertz CT molecular complexity index is 317. The van der Waals surface area contributed by atoms with E-state index in [1.807, 2.05) is 27.9 Å². The van der Waals surface area contributed by atoms with Crippen molar-refractivity contribution in [3.05, 3.63) is 35.4 Å². The number of aryl methyl sites for hydroxylation is 1. The Kier molecular flexibility index (Phi) is 8.26. The molecule has 0 aliphatic carbocycles. The summed E-state index contributed by atoms with van der Waals surface area (Å²) in [5.41, 5.74) is 3.69. The van der Waals surface area contributed by atoms with E-state index < -0.39 is 0 Å². The van der Waals surface area contributed by atoms with E-state index >= 15 is 0 Å². The Balaban J connectivity index is 0.00000106. The van der Waals surface area contributed by atoms with Gasteiger partial charge in [-0.2, -0.15) is 0 Å². The summed E-state index contributed by atoms with van der Waals surface area (Å²) in [6.07, 6.45) is 4.25. The first-order valence-electron chi connectivity index (χ1n) is 5.87. The fourth-order valence-electron chi connectivity index (χ4n) is 1.35. The molecule has 0 atom stereocenters. The van der Waals surface area contributed by atoms with Crippen LogP contribution in [-0.2, 0) is 0 Å². The molecule has 2 heteroatoms. The predicted molar refractivity (Wildman–Crippen MR) is 75.0 cm³/mol. The van der Waals surface area contributed by atoms with E-state index in [1.165, 1.54) is 16.8 Å². The lowest BCUT2D eigenvalue weighted by Gasteiger charge is -2.06. The SMILES string of the molecule is CC.CNC/C=C/c1cc(C)ccc1NC. The summed E-state index contributed by atoms with van der Waals surface area (Å²) in [7, 11) is 3.89. The highest BCUT2D eigenvalue weighted by atomic mass is 14.8. The predicted octanol–water partition coefficient (Wildman–Crippen LogP) is 3.30. The molecule has 0 fully saturated rings. The van der Waals surface area contributed by atoms with Gasteiger partial charge in [0.25, 0.3) is 0 Å². The molecule has 0 saturated heterocycles. The fraction of sp³-hybridized carbons (Fsp3) is 0.429. The van der Waals surface area contributed by atoms with Crippen molar-refractivity contribution in [3.63, 3.8) is 0 Å². The molecule has 90 valence electrons. The third kappa shape index (κ3) is 4.99. The monoisotopic (exact) mass is 220 g/mol. The highest BCUT2D eigenvalue weighted by Gasteiger charge is 1.96. The lowest BCUT2D eigenvalue weighted by atomic mass is 10.1. The van der Waals surface area contributed by atoms with Crippen molar-refractivity contribution in [1.82, 2.24) is 5.32 Å². The number of rotatable bonds is 4. The summed E-state index contributed by atoms with van der Waals surface area (Å²) in [6.45, 7) is 7.01. The molecule has 0 aliphatic rings. The van der Waals surface area contributed by atoms with E-state index in [0.717, 1.165) is 6.54 Å². The molecule has 0 aromatic heterocycles. The normalized spacial score (nSPS) is 9.81. The molecular weight excluding hydrogens is 196 g/mol. The zero-order chi connectivity index (χ0) is 12.4. The lowest BCUT2D eigenvalue weighted by Crippen LogP contribution is -2.03. The van der Waals surface area contributed by atoms with Crippen molar-refractivity contribution in [2.24, 2.45) is 0 Å². The first-order chi connectivity index (χ1) is 7.77. The third-order valence-electron chi connectivity index (χ3n) is 2.10. The summed E-state index contributed by atoms with van der Waals surface area (Å²) in [6, 6.07) is 6.40. The number of nitrogens with one attached hydrogen (secondary N) is 2. The zero-order valence-electron chi connectivity index (χ0n) is 11.1. The Morgan fingerprint density at radius 1 is 1.19 bits per heavy atom. The second-order valence-electron chi connectivity index (χ2n) is 3.30. The van der Waals surface area contributed by atoms with Gasteiger partial charge in [-0.05, 0) is 31.7 Å². The molecule has 0 saturated carbocycles. The van der Waals surface area contributed by atoms with Crippen molar-refractivity contribution in [2.45, 2.75) is 20.8 Å². The van der Waals surface area contributed by atoms with E-state index in [4.69, 9.17) is 0 Å². The third-order valence-corrected chi connectivity index (χ3v) is 2.10. The summed E-state index contributed by atoms with van der Waals surface area (Å²) in [4.78, 5) is 0. The first kappa shape index (κ1) is 14.7. The maximum atomic E-state index is 3.18. The van der Waals surface area contributed by atoms with E-state index in [1.54, 1.807) is 0 Å². The molecule has 0 radical (unpaired) electrons. The highest BCUT2D eigenvalue weighted by molar-refractivity contribution is 5.67. The molecule has 1 aromatic carbocycles. The van der Waals surface area contributed by atoms with Gasteiger partial charge in [0.2, 0.25) is 0 Å². The average molecular weight is 220 g/mol. The van der Waals surface area contributed by atoms with Crippen molar-refractivity contribution in [1.29, 1.82) is 0 Å². The van der Waals surface area contributed by atoms with E-state index in [9.17, 15) is 0 Å². The van der Waals surface area contributed by atoms with Crippen molar-refractivity contribution < 1.29 is 0 Å². The van der Waals surface area contributed by atoms with Crippen LogP contribution >= 0.6 is 0 Å². The number of anilines is 1. The zero-order valence-corrected chi connectivity index (χ0v) is 11.1. The fourth-order valence-corrected chi connectivity index (χ4v) is 1.35. The summed E-state index contributed by atoms with van der Waals surface area (Å²) in [5, 5.41) is 6.26. The van der Waals surface area contributed by atoms with Gasteiger partial charge in [0, 0.05) is 19.3 Å². The Hall–Kier alpha value is -1.28. The molecule has 0 spiro atoms. The molecule has 0 heterocycles. The van der Waals surface area contributed by atoms with Crippen LogP contribution in [0.2, 0.25) is 0 Å². The summed E-state index contributed by atoms with van der Waals surface area (Å²) < 4.78 is 0. The van der Waals surface area contributed by atoms with Crippen LogP contribution in [0, 0.1) is 6.92 Å². The Morgan fingerprint density at radius 2 is 1.88 bits per heavy atom. The van der Waals surface area contributed by atoms with Gasteiger partial charge >= 0.3 is 0 Å². The minimum absolute atomic E-state index is 0.900. The van der Waals surface area contributed by atoms with Crippen LogP contribution in [-0.4, -0.2) is 20.6 Å². The molecule has 0 amide bonds. The number of hydrogen-bond acceptors (Lipinski definition) is 2. The largest absolute Gasteiger partial charge is 0.388 e. The van der Waals surface area contributed by atoms with Gasteiger partial charge in [-0.15, -0.1) is 0 Å². The summed E-state index contributed by atoms with van der Waals surface area (Å²) in [5.74, 6) is 0. The molecule has 0 unspecified atom stereocenters. The molecular formula is C14H24N2. The molecule has 0 aliphatic heterocycles. The van der Waals surface area contributed by atoms with Crippen LogP contribution in [0.4, 0.5) is 5.69 Å². The highest BCUT2D eigenvalue weighted by Crippen LogP contribution is 2.17. The van der Waals surface area contributed by atoms with Gasteiger partial charge in [0.1, 0.15) is 0 Å². The molecule has 16 heavy (non-hydrogen) atoms. The smallest absolute Gasteiger partial charge is 0.0411 e. The van der Waals surface area contributed by atoms with Crippen LogP contribution in [0.15, 0.2) is 24.3 Å². The van der Waals surface area contributed by atoms with Gasteiger partial charge < -0.3 is 10.6 Å². The van der Waals surface area contributed by atoms with Gasteiger partial charge in [-0.1, -0.05) is 37.6 Å². The molecule has 0 bridgehead atoms. The average Bonchev–Trinajstić information content (AvgIpc) is 2.32. The van der Waals surface area contributed by atoms with Gasteiger partial charge in [0.05, 0.1) is 0 Å². The van der Waals surface area contributed by atoms with Gasteiger partial charge in [-0.3, -0.25) is 0 Å². The van der Waals surface area contributed by atoms with Gasteiger partial charge in [-0.25, -0.2) is 0 Å². The van der Waals surface area contributed by atoms with Crippen molar-refractivity contribution >= 4 is 11.8 Å². The first-order valence-corrected chi connectivity index (χ1v) is 5.87. The lowest BCUT2D eigenvalue weighted by molar-refractivity contribution is 0.922. The van der Waals surface area contributed by atoms with Crippen molar-refractivity contribution in [2.75, 3.05) is 26.0 Å². The van der Waals surface area contributed by atoms with Crippen molar-refractivity contribution in [3.8, 4) is 0 Å². The second-order valence-corrected chi connectivity index (χ2v) is 3.30. The number of hydrogen-bond donors (Lipinski definition) is 2. The molecule has 2 nitrogen and oxygen atoms in total. The number of benzene rings is 1. The van der Waals surface area contributed by atoms with E-state index in [0.29, 0.717) is 0 Å². The second kappa shape index (κ2) is 8.98. The van der Waals surface area contributed by atoms with Crippen LogP contribution in [0.5, 0.6) is 0 Å². The standard InChI is InChI=1S/C12H18N2.C2H6/c1-10-6-7-12(14-3)11(9-10)5-4-8-13-2;1-2/h4-7,9,13-14H,8H2,1-3H3;1-2H3/b5-4+;. The van der Waals surface area contributed by atoms with E-state index in [-0.39, 0.29) is 0 Å². The van der Waals surface area contributed by atoms with Crippen LogP contribution < -0.4 is 10.6 Å². The number of likely N-dealkylation sites (N-methyl/N-ethyl adjacent to an activating group) is 1. The van der Waals surface area contributed by atoms with Crippen LogP contribution in [0.25, 0.3) is 6.08 Å². The molecule has 2 N–H and O–H groups in total. The Labute approximate surface area is 99.8 Å². The maximum Gasteiger partial charge on any atom is 0.0411 e. The van der Waals surface area contributed by atoms with E-state index in [2.05, 4.69) is 47.9 Å². The molecule has 1 aromatic rings. The van der Waals surface area contributed by atoms with Crippen LogP contribution in [0.1, 0.15) is 25.0 Å². The quantitative estimate of drug-likeness (QED) is 0.813. The Morgan fingerprint density at radius 3 is 2.44 bits per heavy atom. The summed E-state index contributed by atoms with van der Waals surface area (Å²) >= 11 is 0. The minimum Gasteiger partial charge on any atom is -0.388 e. The maximum absolute atomic E-state index is 3.18. The topological polar surface area (TPSA) is 24.1 Å². The van der Waals surface area contributed by atoms with Gasteiger partial charge in [0.15, 0.2) is 0 Å².